The Morgan fingerprint density at radius 1 is 1.45 bits per heavy atom. The van der Waals surface area contributed by atoms with E-state index in [1.54, 1.807) is 12.5 Å². The van der Waals surface area contributed by atoms with Gasteiger partial charge in [-0.25, -0.2) is 9.37 Å². The largest absolute Gasteiger partial charge is 0.332 e. The molecule has 0 amide bonds. The Morgan fingerprint density at radius 2 is 2.36 bits per heavy atom. The van der Waals surface area contributed by atoms with Crippen molar-refractivity contribution in [3.8, 4) is 0 Å². The third-order valence-electron chi connectivity index (χ3n) is 2.31. The summed E-state index contributed by atoms with van der Waals surface area (Å²) in [4.78, 5) is 3.90. The zero-order valence-electron chi connectivity index (χ0n) is 6.28. The van der Waals surface area contributed by atoms with Gasteiger partial charge < -0.3 is 4.57 Å². The third-order valence-corrected chi connectivity index (χ3v) is 2.31. The highest BCUT2D eigenvalue weighted by molar-refractivity contribution is 4.87. The van der Waals surface area contributed by atoms with Gasteiger partial charge in [-0.05, 0) is 19.3 Å². The standard InChI is InChI=1S/C8H11FN2/c9-7-2-1-3-8(7)11-5-4-10-6-11/h4-8H,1-3H2/t7-,8-/m1/s1. The fourth-order valence-corrected chi connectivity index (χ4v) is 1.70. The molecule has 1 aromatic rings. The molecular formula is C8H11FN2. The summed E-state index contributed by atoms with van der Waals surface area (Å²) in [5.74, 6) is 0. The molecule has 2 atom stereocenters. The quantitative estimate of drug-likeness (QED) is 0.604. The number of hydrogen-bond acceptors (Lipinski definition) is 1. The topological polar surface area (TPSA) is 17.8 Å². The summed E-state index contributed by atoms with van der Waals surface area (Å²) in [7, 11) is 0. The molecule has 0 N–H and O–H groups in total. The molecule has 0 bridgehead atoms. The molecule has 1 aliphatic carbocycles. The van der Waals surface area contributed by atoms with Crippen molar-refractivity contribution in [2.45, 2.75) is 31.5 Å². The van der Waals surface area contributed by atoms with E-state index in [0.29, 0.717) is 6.42 Å². The number of alkyl halides is 1. The molecule has 0 spiro atoms. The predicted molar refractivity (Wildman–Crippen MR) is 40.0 cm³/mol. The summed E-state index contributed by atoms with van der Waals surface area (Å²) >= 11 is 0. The first kappa shape index (κ1) is 6.83. The average molecular weight is 154 g/mol. The van der Waals surface area contributed by atoms with Gasteiger partial charge in [0.1, 0.15) is 6.17 Å². The van der Waals surface area contributed by atoms with Crippen LogP contribution in [0.15, 0.2) is 18.7 Å². The van der Waals surface area contributed by atoms with E-state index in [1.165, 1.54) is 0 Å². The van der Waals surface area contributed by atoms with Crippen LogP contribution in [0.25, 0.3) is 0 Å². The highest BCUT2D eigenvalue weighted by Crippen LogP contribution is 2.31. The molecule has 2 rings (SSSR count). The zero-order valence-corrected chi connectivity index (χ0v) is 6.28. The van der Waals surface area contributed by atoms with Crippen LogP contribution in [0.4, 0.5) is 4.39 Å². The maximum atomic E-state index is 13.1. The van der Waals surface area contributed by atoms with E-state index in [4.69, 9.17) is 0 Å². The molecule has 3 heteroatoms. The van der Waals surface area contributed by atoms with Crippen molar-refractivity contribution < 1.29 is 4.39 Å². The van der Waals surface area contributed by atoms with Gasteiger partial charge in [0.2, 0.25) is 0 Å². The van der Waals surface area contributed by atoms with E-state index in [2.05, 4.69) is 4.98 Å². The van der Waals surface area contributed by atoms with Gasteiger partial charge in [0.25, 0.3) is 0 Å². The first-order chi connectivity index (χ1) is 5.38. The lowest BCUT2D eigenvalue weighted by Gasteiger charge is -2.13. The molecule has 0 aromatic carbocycles. The van der Waals surface area contributed by atoms with E-state index < -0.39 is 6.17 Å². The molecule has 1 fully saturated rings. The Morgan fingerprint density at radius 3 is 2.91 bits per heavy atom. The summed E-state index contributed by atoms with van der Waals surface area (Å²) in [6.07, 6.45) is 7.24. The normalized spacial score (nSPS) is 31.0. The van der Waals surface area contributed by atoms with Crippen LogP contribution in [0, 0.1) is 0 Å². The highest BCUT2D eigenvalue weighted by Gasteiger charge is 2.27. The predicted octanol–water partition coefficient (Wildman–Crippen LogP) is 1.95. The molecule has 1 saturated carbocycles. The van der Waals surface area contributed by atoms with Crippen molar-refractivity contribution in [1.29, 1.82) is 0 Å². The average Bonchev–Trinajstić information content (AvgIpc) is 2.55. The van der Waals surface area contributed by atoms with Crippen molar-refractivity contribution in [2.75, 3.05) is 0 Å². The van der Waals surface area contributed by atoms with Crippen LogP contribution >= 0.6 is 0 Å². The molecule has 11 heavy (non-hydrogen) atoms. The fraction of sp³-hybridized carbons (Fsp3) is 0.625. The van der Waals surface area contributed by atoms with Gasteiger partial charge in [0, 0.05) is 12.4 Å². The van der Waals surface area contributed by atoms with E-state index >= 15 is 0 Å². The second-order valence-electron chi connectivity index (χ2n) is 3.02. The first-order valence-electron chi connectivity index (χ1n) is 3.99. The molecule has 0 saturated heterocycles. The third kappa shape index (κ3) is 1.15. The van der Waals surface area contributed by atoms with E-state index in [-0.39, 0.29) is 6.04 Å². The Hall–Kier alpha value is -0.860. The van der Waals surface area contributed by atoms with Gasteiger partial charge in [0.05, 0.1) is 12.4 Å². The Labute approximate surface area is 65.1 Å². The smallest absolute Gasteiger partial charge is 0.121 e. The lowest BCUT2D eigenvalue weighted by Crippen LogP contribution is -2.12. The summed E-state index contributed by atoms with van der Waals surface area (Å²) in [6, 6.07) is 0.0532. The Bertz CT molecular complexity index is 220. The number of imidazole rings is 1. The molecule has 1 aromatic heterocycles. The first-order valence-corrected chi connectivity index (χ1v) is 3.99. The zero-order chi connectivity index (χ0) is 7.68. The van der Waals surface area contributed by atoms with Gasteiger partial charge in [-0.15, -0.1) is 0 Å². The number of aromatic nitrogens is 2. The summed E-state index contributed by atoms with van der Waals surface area (Å²) in [6.45, 7) is 0. The van der Waals surface area contributed by atoms with Crippen molar-refractivity contribution in [2.24, 2.45) is 0 Å². The number of halogens is 1. The molecule has 60 valence electrons. The number of rotatable bonds is 1. The van der Waals surface area contributed by atoms with Crippen molar-refractivity contribution in [3.05, 3.63) is 18.7 Å². The van der Waals surface area contributed by atoms with E-state index in [9.17, 15) is 4.39 Å². The fourth-order valence-electron chi connectivity index (χ4n) is 1.70. The van der Waals surface area contributed by atoms with Crippen LogP contribution in [-0.2, 0) is 0 Å². The van der Waals surface area contributed by atoms with Crippen LogP contribution in [0.5, 0.6) is 0 Å². The van der Waals surface area contributed by atoms with Gasteiger partial charge in [-0.2, -0.15) is 0 Å². The van der Waals surface area contributed by atoms with E-state index in [0.717, 1.165) is 12.8 Å². The summed E-state index contributed by atoms with van der Waals surface area (Å²) in [5.41, 5.74) is 0. The van der Waals surface area contributed by atoms with Gasteiger partial charge >= 0.3 is 0 Å². The molecule has 0 radical (unpaired) electrons. The lowest BCUT2D eigenvalue weighted by molar-refractivity contribution is 0.263. The SMILES string of the molecule is F[C@@H]1CCC[C@H]1n1ccnc1. The van der Waals surface area contributed by atoms with Crippen LogP contribution in [-0.4, -0.2) is 15.7 Å². The molecule has 1 aliphatic rings. The molecule has 2 nitrogen and oxygen atoms in total. The minimum absolute atomic E-state index is 0.0532. The van der Waals surface area contributed by atoms with Gasteiger partial charge in [-0.3, -0.25) is 0 Å². The number of nitrogens with zero attached hydrogens (tertiary/aromatic N) is 2. The number of hydrogen-bond donors (Lipinski definition) is 0. The maximum absolute atomic E-state index is 13.1. The Balaban J connectivity index is 2.16. The summed E-state index contributed by atoms with van der Waals surface area (Å²) < 4.78 is 15.0. The van der Waals surface area contributed by atoms with Crippen LogP contribution < -0.4 is 0 Å². The van der Waals surface area contributed by atoms with Crippen LogP contribution in [0.1, 0.15) is 25.3 Å². The monoisotopic (exact) mass is 154 g/mol. The second-order valence-corrected chi connectivity index (χ2v) is 3.02. The molecular weight excluding hydrogens is 143 g/mol. The van der Waals surface area contributed by atoms with Crippen LogP contribution in [0.3, 0.4) is 0 Å². The molecule has 0 unspecified atom stereocenters. The van der Waals surface area contributed by atoms with Gasteiger partial charge in [-0.1, -0.05) is 0 Å². The summed E-state index contributed by atoms with van der Waals surface area (Å²) in [5, 5.41) is 0. The highest BCUT2D eigenvalue weighted by atomic mass is 19.1. The minimum atomic E-state index is -0.663. The van der Waals surface area contributed by atoms with Crippen LogP contribution in [0.2, 0.25) is 0 Å². The molecule has 0 aliphatic heterocycles. The van der Waals surface area contributed by atoms with Crippen molar-refractivity contribution >= 4 is 0 Å². The van der Waals surface area contributed by atoms with Crippen molar-refractivity contribution in [1.82, 2.24) is 9.55 Å². The van der Waals surface area contributed by atoms with E-state index in [1.807, 2.05) is 10.8 Å². The molecule has 1 heterocycles. The van der Waals surface area contributed by atoms with Crippen molar-refractivity contribution in [3.63, 3.8) is 0 Å². The lowest BCUT2D eigenvalue weighted by atomic mass is 10.2. The second kappa shape index (κ2) is 2.64. The Kier molecular flexibility index (Phi) is 1.64. The maximum Gasteiger partial charge on any atom is 0.121 e. The van der Waals surface area contributed by atoms with Gasteiger partial charge in [0.15, 0.2) is 0 Å². The minimum Gasteiger partial charge on any atom is -0.332 e.